The molecule has 0 aromatic heterocycles. The van der Waals surface area contributed by atoms with Gasteiger partial charge in [-0.05, 0) is 32.1 Å². The van der Waals surface area contributed by atoms with Gasteiger partial charge in [-0.2, -0.15) is 0 Å². The highest BCUT2D eigenvalue weighted by atomic mass is 14.0. The first-order chi connectivity index (χ1) is 14.9. The van der Waals surface area contributed by atoms with Gasteiger partial charge < -0.3 is 0 Å². The lowest BCUT2D eigenvalue weighted by atomic mass is 10.0. The molecule has 0 nitrogen and oxygen atoms in total. The number of hydrogen-bond donors (Lipinski definition) is 0. The van der Waals surface area contributed by atoms with Crippen LogP contribution in [0, 0.1) is 0 Å². The van der Waals surface area contributed by atoms with Gasteiger partial charge in [-0.3, -0.25) is 0 Å². The molecule has 0 saturated carbocycles. The van der Waals surface area contributed by atoms with Crippen molar-refractivity contribution in [2.24, 2.45) is 0 Å². The first-order valence-electron chi connectivity index (χ1n) is 14.2. The summed E-state index contributed by atoms with van der Waals surface area (Å²) in [6, 6.07) is 0. The fourth-order valence-electron chi connectivity index (χ4n) is 4.37. The molecular weight excluding hydrogens is 360 g/mol. The van der Waals surface area contributed by atoms with Crippen molar-refractivity contribution in [3.8, 4) is 0 Å². The van der Waals surface area contributed by atoms with E-state index >= 15 is 0 Å². The van der Waals surface area contributed by atoms with E-state index in [0.29, 0.717) is 0 Å². The van der Waals surface area contributed by atoms with Crippen molar-refractivity contribution in [3.63, 3.8) is 0 Å². The molecule has 0 N–H and O–H groups in total. The number of unbranched alkanes of at least 4 members (excludes halogenated alkanes) is 23. The standard InChI is InChI=1S/C30H58/c1-3-5-7-9-11-13-15-17-19-21-23-25-27-29-30-28-26-24-22-20-18-16-14-12-10-8-6-4-2/h3,6,8H,1,4-5,7,9-30H2,2H3/b8-6+. The van der Waals surface area contributed by atoms with Gasteiger partial charge in [0.1, 0.15) is 0 Å². The Labute approximate surface area is 192 Å². The van der Waals surface area contributed by atoms with E-state index in [1.54, 1.807) is 0 Å². The molecular formula is C30H58. The quantitative estimate of drug-likeness (QED) is 0.0967. The van der Waals surface area contributed by atoms with Crippen molar-refractivity contribution in [2.45, 2.75) is 167 Å². The van der Waals surface area contributed by atoms with Gasteiger partial charge in [-0.25, -0.2) is 0 Å². The van der Waals surface area contributed by atoms with Crippen LogP contribution in [0.2, 0.25) is 0 Å². The molecule has 30 heavy (non-hydrogen) atoms. The minimum Gasteiger partial charge on any atom is -0.103 e. The zero-order valence-corrected chi connectivity index (χ0v) is 21.1. The van der Waals surface area contributed by atoms with Crippen LogP contribution >= 0.6 is 0 Å². The summed E-state index contributed by atoms with van der Waals surface area (Å²) in [5.74, 6) is 0. The predicted octanol–water partition coefficient (Wildman–Crippen LogP) is 11.5. The Hall–Kier alpha value is -0.520. The molecule has 0 saturated heterocycles. The Morgan fingerprint density at radius 2 is 0.633 bits per heavy atom. The van der Waals surface area contributed by atoms with Gasteiger partial charge in [0.05, 0.1) is 0 Å². The van der Waals surface area contributed by atoms with Gasteiger partial charge in [0, 0.05) is 0 Å². The lowest BCUT2D eigenvalue weighted by molar-refractivity contribution is 0.518. The molecule has 0 aromatic carbocycles. The molecule has 0 rings (SSSR count). The van der Waals surface area contributed by atoms with Crippen LogP contribution in [0.15, 0.2) is 24.8 Å². The molecule has 0 aliphatic rings. The lowest BCUT2D eigenvalue weighted by Gasteiger charge is -2.04. The molecule has 0 radical (unpaired) electrons. The summed E-state index contributed by atoms with van der Waals surface area (Å²) in [6.45, 7) is 6.01. The minimum absolute atomic E-state index is 1.19. The van der Waals surface area contributed by atoms with E-state index in [1.165, 1.54) is 161 Å². The topological polar surface area (TPSA) is 0 Å². The van der Waals surface area contributed by atoms with E-state index in [2.05, 4.69) is 31.7 Å². The summed E-state index contributed by atoms with van der Waals surface area (Å²) in [6.07, 6.45) is 42.5. The van der Waals surface area contributed by atoms with Crippen molar-refractivity contribution in [1.29, 1.82) is 0 Å². The summed E-state index contributed by atoms with van der Waals surface area (Å²) < 4.78 is 0. The Morgan fingerprint density at radius 1 is 0.367 bits per heavy atom. The molecule has 0 atom stereocenters. The lowest BCUT2D eigenvalue weighted by Crippen LogP contribution is -1.84. The van der Waals surface area contributed by atoms with E-state index in [-0.39, 0.29) is 0 Å². The van der Waals surface area contributed by atoms with Gasteiger partial charge in [0.15, 0.2) is 0 Å². The molecule has 0 aliphatic carbocycles. The Balaban J connectivity index is 3.00. The highest BCUT2D eigenvalue weighted by molar-refractivity contribution is 4.79. The van der Waals surface area contributed by atoms with Gasteiger partial charge in [0.2, 0.25) is 0 Å². The number of rotatable bonds is 26. The Kier molecular flexibility index (Phi) is 28.0. The smallest absolute Gasteiger partial charge is 0.0351 e. The predicted molar refractivity (Wildman–Crippen MR) is 140 cm³/mol. The second-order valence-electron chi connectivity index (χ2n) is 9.52. The molecule has 0 amide bonds. The zero-order valence-electron chi connectivity index (χ0n) is 21.1. The summed E-state index contributed by atoms with van der Waals surface area (Å²) in [5, 5.41) is 0. The largest absolute Gasteiger partial charge is 0.103 e. The third-order valence-corrected chi connectivity index (χ3v) is 6.43. The molecule has 178 valence electrons. The van der Waals surface area contributed by atoms with Gasteiger partial charge >= 0.3 is 0 Å². The van der Waals surface area contributed by atoms with E-state index in [4.69, 9.17) is 0 Å². The normalized spacial score (nSPS) is 11.5. The van der Waals surface area contributed by atoms with Crippen molar-refractivity contribution in [1.82, 2.24) is 0 Å². The van der Waals surface area contributed by atoms with Crippen LogP contribution in [0.3, 0.4) is 0 Å². The Morgan fingerprint density at radius 3 is 0.900 bits per heavy atom. The van der Waals surface area contributed by atoms with E-state index in [1.807, 2.05) is 0 Å². The molecule has 0 aromatic rings. The molecule has 0 bridgehead atoms. The van der Waals surface area contributed by atoms with Crippen LogP contribution in [0.4, 0.5) is 0 Å². The van der Waals surface area contributed by atoms with Crippen LogP contribution in [-0.2, 0) is 0 Å². The summed E-state index contributed by atoms with van der Waals surface area (Å²) in [7, 11) is 0. The molecule has 0 unspecified atom stereocenters. The molecule has 0 fully saturated rings. The summed E-state index contributed by atoms with van der Waals surface area (Å²) in [5.41, 5.74) is 0. The van der Waals surface area contributed by atoms with E-state index in [0.717, 1.165) is 0 Å². The molecule has 0 spiro atoms. The van der Waals surface area contributed by atoms with Gasteiger partial charge in [-0.1, -0.05) is 154 Å². The SMILES string of the molecule is C=CCCCCCCCCCCCCCCCCCCCCCCCC/C=C/CC. The summed E-state index contributed by atoms with van der Waals surface area (Å²) in [4.78, 5) is 0. The summed E-state index contributed by atoms with van der Waals surface area (Å²) >= 11 is 0. The number of hydrogen-bond acceptors (Lipinski definition) is 0. The van der Waals surface area contributed by atoms with Crippen LogP contribution < -0.4 is 0 Å². The van der Waals surface area contributed by atoms with Crippen LogP contribution in [0.25, 0.3) is 0 Å². The van der Waals surface area contributed by atoms with Crippen LogP contribution in [-0.4, -0.2) is 0 Å². The average molecular weight is 419 g/mol. The fourth-order valence-corrected chi connectivity index (χ4v) is 4.37. The van der Waals surface area contributed by atoms with Crippen molar-refractivity contribution >= 4 is 0 Å². The maximum atomic E-state index is 3.79. The first kappa shape index (κ1) is 29.5. The van der Waals surface area contributed by atoms with E-state index in [9.17, 15) is 0 Å². The van der Waals surface area contributed by atoms with Crippen molar-refractivity contribution in [2.75, 3.05) is 0 Å². The zero-order chi connectivity index (χ0) is 21.8. The van der Waals surface area contributed by atoms with Gasteiger partial charge in [0.25, 0.3) is 0 Å². The fraction of sp³-hybridized carbons (Fsp3) is 0.867. The monoisotopic (exact) mass is 418 g/mol. The van der Waals surface area contributed by atoms with Crippen LogP contribution in [0.1, 0.15) is 167 Å². The highest BCUT2D eigenvalue weighted by Gasteiger charge is 1.95. The van der Waals surface area contributed by atoms with Gasteiger partial charge in [-0.15, -0.1) is 6.58 Å². The first-order valence-corrected chi connectivity index (χ1v) is 14.2. The third kappa shape index (κ3) is 27.5. The molecule has 0 heteroatoms. The third-order valence-electron chi connectivity index (χ3n) is 6.43. The highest BCUT2D eigenvalue weighted by Crippen LogP contribution is 2.15. The average Bonchev–Trinajstić information content (AvgIpc) is 2.76. The van der Waals surface area contributed by atoms with Crippen molar-refractivity contribution < 1.29 is 0 Å². The molecule has 0 aliphatic heterocycles. The number of allylic oxidation sites excluding steroid dienone is 3. The second-order valence-corrected chi connectivity index (χ2v) is 9.52. The van der Waals surface area contributed by atoms with Crippen LogP contribution in [0.5, 0.6) is 0 Å². The minimum atomic E-state index is 1.19. The molecule has 0 heterocycles. The van der Waals surface area contributed by atoms with Crippen molar-refractivity contribution in [3.05, 3.63) is 24.8 Å². The van der Waals surface area contributed by atoms with E-state index < -0.39 is 0 Å². The second kappa shape index (κ2) is 28.5. The maximum absolute atomic E-state index is 3.79. The maximum Gasteiger partial charge on any atom is -0.0351 e. The Bertz CT molecular complexity index is 327.